The quantitative estimate of drug-likeness (QED) is 0.508. The van der Waals surface area contributed by atoms with Gasteiger partial charge in [-0.25, -0.2) is 0 Å². The molecule has 1 N–H and O–H groups in total. The van der Waals surface area contributed by atoms with Gasteiger partial charge in [-0.1, -0.05) is 15.9 Å². The minimum Gasteiger partial charge on any atom is -0.368 e. The molecule has 1 aliphatic rings. The molecule has 112 valence electrons. The first-order valence-electron chi connectivity index (χ1n) is 6.37. The van der Waals surface area contributed by atoms with Crippen molar-refractivity contribution in [3.63, 3.8) is 0 Å². The molecular formula is C13H14BrN3O4. The molecule has 2 amide bonds. The molecule has 0 bridgehead atoms. The van der Waals surface area contributed by atoms with Crippen molar-refractivity contribution in [2.45, 2.75) is 32.4 Å². The summed E-state index contributed by atoms with van der Waals surface area (Å²) in [5.74, 6) is -0.625. The van der Waals surface area contributed by atoms with E-state index in [1.807, 2.05) is 0 Å². The average Bonchev–Trinajstić information content (AvgIpc) is 2.66. The summed E-state index contributed by atoms with van der Waals surface area (Å²) in [5, 5.41) is 13.9. The summed E-state index contributed by atoms with van der Waals surface area (Å²) in [5.41, 5.74) is 0.0765. The van der Waals surface area contributed by atoms with E-state index in [1.54, 1.807) is 19.9 Å². The number of halogens is 1. The van der Waals surface area contributed by atoms with E-state index in [0.717, 1.165) is 0 Å². The second-order valence-corrected chi connectivity index (χ2v) is 5.93. The van der Waals surface area contributed by atoms with E-state index in [1.165, 1.54) is 17.0 Å². The molecule has 0 radical (unpaired) electrons. The summed E-state index contributed by atoms with van der Waals surface area (Å²) >= 11 is 3.17. The van der Waals surface area contributed by atoms with E-state index in [2.05, 4.69) is 21.2 Å². The maximum Gasteiger partial charge on any atom is 0.293 e. The molecule has 0 aromatic heterocycles. The zero-order valence-electron chi connectivity index (χ0n) is 11.5. The number of nitro groups is 1. The molecule has 0 saturated carbocycles. The van der Waals surface area contributed by atoms with E-state index in [4.69, 9.17) is 0 Å². The van der Waals surface area contributed by atoms with Gasteiger partial charge in [0.25, 0.3) is 11.6 Å². The van der Waals surface area contributed by atoms with Gasteiger partial charge in [-0.2, -0.15) is 0 Å². The number of likely N-dealkylation sites (tertiary alicyclic amines) is 1. The van der Waals surface area contributed by atoms with Crippen molar-refractivity contribution in [3.05, 3.63) is 32.8 Å². The maximum atomic E-state index is 12.2. The third-order valence-corrected chi connectivity index (χ3v) is 3.68. The number of nitro benzene ring substituents is 1. The number of anilines is 1. The fourth-order valence-corrected chi connectivity index (χ4v) is 2.62. The van der Waals surface area contributed by atoms with Crippen LogP contribution in [0.25, 0.3) is 0 Å². The fourth-order valence-electron chi connectivity index (χ4n) is 2.27. The normalized spacial score (nSPS) is 18.5. The third-order valence-electron chi connectivity index (χ3n) is 3.19. The van der Waals surface area contributed by atoms with Crippen LogP contribution in [0.2, 0.25) is 0 Å². The van der Waals surface area contributed by atoms with Crippen LogP contribution in [0.1, 0.15) is 20.3 Å². The van der Waals surface area contributed by atoms with Crippen molar-refractivity contribution in [1.29, 1.82) is 0 Å². The molecule has 1 saturated heterocycles. The topological polar surface area (TPSA) is 92.6 Å². The van der Waals surface area contributed by atoms with Crippen molar-refractivity contribution in [1.82, 2.24) is 4.90 Å². The molecule has 1 aromatic carbocycles. The van der Waals surface area contributed by atoms with Crippen LogP contribution in [-0.2, 0) is 9.59 Å². The lowest BCUT2D eigenvalue weighted by atomic mass is 10.2. The lowest BCUT2D eigenvalue weighted by Gasteiger charge is -2.19. The maximum absolute atomic E-state index is 12.2. The summed E-state index contributed by atoms with van der Waals surface area (Å²) < 4.78 is 0.567. The van der Waals surface area contributed by atoms with Crippen LogP contribution in [0.4, 0.5) is 11.4 Å². The Balaban J connectivity index is 2.26. The summed E-state index contributed by atoms with van der Waals surface area (Å²) in [7, 11) is 0. The van der Waals surface area contributed by atoms with E-state index >= 15 is 0 Å². The van der Waals surface area contributed by atoms with Crippen molar-refractivity contribution in [3.8, 4) is 0 Å². The van der Waals surface area contributed by atoms with Crippen LogP contribution < -0.4 is 5.32 Å². The summed E-state index contributed by atoms with van der Waals surface area (Å²) in [4.78, 5) is 35.7. The van der Waals surface area contributed by atoms with Gasteiger partial charge in [-0.05, 0) is 26.0 Å². The number of carbonyl (C=O) groups excluding carboxylic acids is 2. The number of imide groups is 1. The number of hydrogen-bond acceptors (Lipinski definition) is 5. The van der Waals surface area contributed by atoms with Crippen molar-refractivity contribution in [2.75, 3.05) is 5.32 Å². The summed E-state index contributed by atoms with van der Waals surface area (Å²) in [6.07, 6.45) is 0.00420. The van der Waals surface area contributed by atoms with Gasteiger partial charge in [0.05, 0.1) is 11.3 Å². The molecule has 1 aliphatic heterocycles. The Kier molecular flexibility index (Phi) is 4.26. The molecule has 1 unspecified atom stereocenters. The van der Waals surface area contributed by atoms with Gasteiger partial charge in [-0.15, -0.1) is 0 Å². The first kappa shape index (κ1) is 15.4. The molecule has 7 nitrogen and oxygen atoms in total. The van der Waals surface area contributed by atoms with Crippen LogP contribution in [0.3, 0.4) is 0 Å². The highest BCUT2D eigenvalue weighted by molar-refractivity contribution is 9.10. The number of rotatable bonds is 4. The Hall–Kier alpha value is -1.96. The zero-order chi connectivity index (χ0) is 15.7. The van der Waals surface area contributed by atoms with Crippen molar-refractivity contribution < 1.29 is 14.5 Å². The van der Waals surface area contributed by atoms with Gasteiger partial charge in [0.15, 0.2) is 0 Å². The van der Waals surface area contributed by atoms with Gasteiger partial charge >= 0.3 is 0 Å². The predicted molar refractivity (Wildman–Crippen MR) is 79.8 cm³/mol. The first-order chi connectivity index (χ1) is 9.81. The molecular weight excluding hydrogens is 342 g/mol. The first-order valence-corrected chi connectivity index (χ1v) is 7.17. The highest BCUT2D eigenvalue weighted by Gasteiger charge is 2.40. The molecule has 0 aliphatic carbocycles. The van der Waals surface area contributed by atoms with E-state index in [9.17, 15) is 19.7 Å². The minimum atomic E-state index is -0.764. The van der Waals surface area contributed by atoms with Crippen molar-refractivity contribution >= 4 is 39.1 Å². The smallest absolute Gasteiger partial charge is 0.293 e. The van der Waals surface area contributed by atoms with Gasteiger partial charge in [0, 0.05) is 16.6 Å². The predicted octanol–water partition coefficient (Wildman–Crippen LogP) is 2.31. The number of hydrogen-bond donors (Lipinski definition) is 1. The van der Waals surface area contributed by atoms with Gasteiger partial charge in [0.1, 0.15) is 11.7 Å². The van der Waals surface area contributed by atoms with Gasteiger partial charge in [-0.3, -0.25) is 24.6 Å². The largest absolute Gasteiger partial charge is 0.368 e. The Labute approximate surface area is 129 Å². The highest BCUT2D eigenvalue weighted by Crippen LogP contribution is 2.30. The number of benzene rings is 1. The lowest BCUT2D eigenvalue weighted by molar-refractivity contribution is -0.384. The average molecular weight is 356 g/mol. The van der Waals surface area contributed by atoms with Gasteiger partial charge in [0.2, 0.25) is 5.91 Å². The molecule has 21 heavy (non-hydrogen) atoms. The zero-order valence-corrected chi connectivity index (χ0v) is 13.1. The third kappa shape index (κ3) is 3.05. The molecule has 2 rings (SSSR count). The van der Waals surface area contributed by atoms with E-state index in [0.29, 0.717) is 4.47 Å². The summed E-state index contributed by atoms with van der Waals surface area (Å²) in [6.45, 7) is 3.50. The Morgan fingerprint density at radius 2 is 2.10 bits per heavy atom. The SMILES string of the molecule is CC(C)N1C(=O)CC(Nc2ccc(Br)cc2[N+](=O)[O-])C1=O. The number of amides is 2. The Morgan fingerprint density at radius 1 is 1.43 bits per heavy atom. The van der Waals surface area contributed by atoms with Crippen LogP contribution in [-0.4, -0.2) is 33.7 Å². The molecule has 0 spiro atoms. The second kappa shape index (κ2) is 5.80. The fraction of sp³-hybridized carbons (Fsp3) is 0.385. The van der Waals surface area contributed by atoms with Crippen LogP contribution in [0.5, 0.6) is 0 Å². The minimum absolute atomic E-state index is 0.00420. The van der Waals surface area contributed by atoms with E-state index < -0.39 is 11.0 Å². The molecule has 8 heteroatoms. The van der Waals surface area contributed by atoms with Crippen LogP contribution >= 0.6 is 15.9 Å². The molecule has 1 aromatic rings. The van der Waals surface area contributed by atoms with Crippen LogP contribution in [0, 0.1) is 10.1 Å². The molecule has 1 fully saturated rings. The molecule has 1 heterocycles. The van der Waals surface area contributed by atoms with E-state index in [-0.39, 0.29) is 35.7 Å². The number of nitrogens with one attached hydrogen (secondary N) is 1. The van der Waals surface area contributed by atoms with Gasteiger partial charge < -0.3 is 5.32 Å². The lowest BCUT2D eigenvalue weighted by Crippen LogP contribution is -2.39. The highest BCUT2D eigenvalue weighted by atomic mass is 79.9. The Bertz CT molecular complexity index is 617. The second-order valence-electron chi connectivity index (χ2n) is 5.02. The monoisotopic (exact) mass is 355 g/mol. The standard InChI is InChI=1S/C13H14BrN3O4/c1-7(2)16-12(18)6-10(13(16)19)15-9-4-3-8(14)5-11(9)17(20)21/h3-5,7,10,15H,6H2,1-2H3. The van der Waals surface area contributed by atoms with Crippen LogP contribution in [0.15, 0.2) is 22.7 Å². The Morgan fingerprint density at radius 3 is 2.62 bits per heavy atom. The number of nitrogens with zero attached hydrogens (tertiary/aromatic N) is 2. The number of carbonyl (C=O) groups is 2. The summed E-state index contributed by atoms with van der Waals surface area (Å²) in [6, 6.07) is 3.51. The molecule has 1 atom stereocenters. The van der Waals surface area contributed by atoms with Crippen molar-refractivity contribution in [2.24, 2.45) is 0 Å².